The summed E-state index contributed by atoms with van der Waals surface area (Å²) in [5.41, 5.74) is 9.18. The smallest absolute Gasteiger partial charge is 0.166 e. The predicted molar refractivity (Wildman–Crippen MR) is 84.2 cm³/mol. The molecular weight excluding hydrogens is 280 g/mol. The zero-order chi connectivity index (χ0) is 15.5. The fourth-order valence-corrected chi connectivity index (χ4v) is 4.16. The maximum absolute atomic E-state index is 10.0. The molecule has 1 aromatic carbocycles. The minimum atomic E-state index is -0.447. The van der Waals surface area contributed by atoms with Gasteiger partial charge >= 0.3 is 0 Å². The maximum Gasteiger partial charge on any atom is 0.166 e. The molecule has 1 spiro atoms. The van der Waals surface area contributed by atoms with E-state index in [1.807, 2.05) is 12.1 Å². The number of methoxy groups -OCH3 is 1. The molecule has 0 saturated heterocycles. The topological polar surface area (TPSA) is 68.0 Å². The Kier molecular flexibility index (Phi) is 2.93. The lowest BCUT2D eigenvalue weighted by atomic mass is 9.69. The zero-order valence-electron chi connectivity index (χ0n) is 13.0. The van der Waals surface area contributed by atoms with Crippen molar-refractivity contribution in [1.82, 2.24) is 4.90 Å². The van der Waals surface area contributed by atoms with E-state index >= 15 is 0 Å². The first-order valence-electron chi connectivity index (χ1n) is 7.77. The second-order valence-electron chi connectivity index (χ2n) is 6.65. The molecule has 5 heteroatoms. The molecule has 3 atom stereocenters. The highest BCUT2D eigenvalue weighted by atomic mass is 16.5. The number of nitrogen functional groups attached to an aromatic ring is 1. The molecule has 0 unspecified atom stereocenters. The van der Waals surface area contributed by atoms with Gasteiger partial charge in [0.25, 0.3) is 0 Å². The van der Waals surface area contributed by atoms with Crippen LogP contribution in [0.2, 0.25) is 0 Å². The van der Waals surface area contributed by atoms with Crippen molar-refractivity contribution in [3.63, 3.8) is 0 Å². The number of aliphatic hydroxyl groups is 1. The van der Waals surface area contributed by atoms with Gasteiger partial charge < -0.3 is 25.2 Å². The van der Waals surface area contributed by atoms with E-state index in [0.717, 1.165) is 36.5 Å². The third kappa shape index (κ3) is 1.72. The molecule has 3 N–H and O–H groups in total. The van der Waals surface area contributed by atoms with Crippen molar-refractivity contribution in [1.29, 1.82) is 0 Å². The van der Waals surface area contributed by atoms with Gasteiger partial charge in [-0.1, -0.05) is 12.2 Å². The molecule has 2 aliphatic heterocycles. The summed E-state index contributed by atoms with van der Waals surface area (Å²) >= 11 is 0. The first-order valence-corrected chi connectivity index (χ1v) is 7.77. The molecule has 1 aromatic rings. The molecule has 1 aliphatic carbocycles. The molecule has 3 aliphatic rings. The van der Waals surface area contributed by atoms with E-state index < -0.39 is 6.10 Å². The number of nitrogens with two attached hydrogens (primary N) is 1. The van der Waals surface area contributed by atoms with Crippen molar-refractivity contribution in [2.45, 2.75) is 37.0 Å². The predicted octanol–water partition coefficient (Wildman–Crippen LogP) is 1.43. The van der Waals surface area contributed by atoms with Crippen LogP contribution < -0.4 is 15.2 Å². The number of anilines is 1. The first-order chi connectivity index (χ1) is 10.5. The minimum Gasteiger partial charge on any atom is -0.493 e. The van der Waals surface area contributed by atoms with Gasteiger partial charge in [0.15, 0.2) is 11.5 Å². The summed E-state index contributed by atoms with van der Waals surface area (Å²) in [5.74, 6) is 1.50. The Labute approximate surface area is 130 Å². The third-order valence-electron chi connectivity index (χ3n) is 5.31. The minimum absolute atomic E-state index is 0.0524. The molecule has 0 radical (unpaired) electrons. The van der Waals surface area contributed by atoms with Gasteiger partial charge in [-0.25, -0.2) is 0 Å². The average Bonchev–Trinajstić information content (AvgIpc) is 2.74. The maximum atomic E-state index is 10.0. The molecule has 2 heterocycles. The lowest BCUT2D eigenvalue weighted by Gasteiger charge is -2.35. The first kappa shape index (κ1) is 13.9. The normalized spacial score (nSPS) is 32.9. The second kappa shape index (κ2) is 4.64. The van der Waals surface area contributed by atoms with Gasteiger partial charge in [-0.3, -0.25) is 0 Å². The van der Waals surface area contributed by atoms with Crippen LogP contribution in [0, 0.1) is 0 Å². The lowest BCUT2D eigenvalue weighted by Crippen LogP contribution is -2.42. The SMILES string of the molecule is COc1cc(N)c2c3c1O[C@@H]1C[C@H](O)C=C[C@]31CCN(C)C2. The zero-order valence-corrected chi connectivity index (χ0v) is 13.0. The van der Waals surface area contributed by atoms with Gasteiger partial charge in [0, 0.05) is 30.3 Å². The highest BCUT2D eigenvalue weighted by Crippen LogP contribution is 2.56. The number of rotatable bonds is 1. The van der Waals surface area contributed by atoms with Gasteiger partial charge in [0.2, 0.25) is 0 Å². The van der Waals surface area contributed by atoms with Crippen LogP contribution in [-0.2, 0) is 12.0 Å². The standard InChI is InChI=1S/C17H22N2O3/c1-19-6-5-17-4-3-10(20)7-14(17)22-16-13(21-2)8-12(18)11(9-19)15(16)17/h3-4,8,10,14,20H,5-7,9,18H2,1-2H3/t10-,14-,17-/m1/s1. The number of hydrogen-bond acceptors (Lipinski definition) is 5. The molecule has 118 valence electrons. The van der Waals surface area contributed by atoms with Gasteiger partial charge in [-0.15, -0.1) is 0 Å². The fourth-order valence-electron chi connectivity index (χ4n) is 4.16. The molecule has 5 nitrogen and oxygen atoms in total. The Morgan fingerprint density at radius 3 is 3.09 bits per heavy atom. The second-order valence-corrected chi connectivity index (χ2v) is 6.65. The summed E-state index contributed by atoms with van der Waals surface area (Å²) < 4.78 is 11.8. The van der Waals surface area contributed by atoms with Gasteiger partial charge in [0.05, 0.1) is 18.6 Å². The van der Waals surface area contributed by atoms with Crippen LogP contribution in [0.5, 0.6) is 11.5 Å². The van der Waals surface area contributed by atoms with Crippen LogP contribution in [-0.4, -0.2) is 42.9 Å². The van der Waals surface area contributed by atoms with Crippen LogP contribution in [0.4, 0.5) is 5.69 Å². The van der Waals surface area contributed by atoms with Crippen molar-refractivity contribution in [2.24, 2.45) is 0 Å². The highest BCUT2D eigenvalue weighted by Gasteiger charge is 2.53. The van der Waals surface area contributed by atoms with E-state index in [1.165, 1.54) is 5.56 Å². The summed E-state index contributed by atoms with van der Waals surface area (Å²) in [4.78, 5) is 2.29. The van der Waals surface area contributed by atoms with Crippen LogP contribution in [0.3, 0.4) is 0 Å². The fraction of sp³-hybridized carbons (Fsp3) is 0.529. The van der Waals surface area contributed by atoms with Gasteiger partial charge in [-0.2, -0.15) is 0 Å². The van der Waals surface area contributed by atoms with Crippen LogP contribution in [0.25, 0.3) is 0 Å². The average molecular weight is 302 g/mol. The molecule has 0 fully saturated rings. The number of hydrogen-bond donors (Lipinski definition) is 2. The van der Waals surface area contributed by atoms with Crippen LogP contribution in [0.1, 0.15) is 24.0 Å². The molecular formula is C17H22N2O3. The third-order valence-corrected chi connectivity index (χ3v) is 5.31. The summed E-state index contributed by atoms with van der Waals surface area (Å²) in [7, 11) is 3.76. The van der Waals surface area contributed by atoms with Crippen LogP contribution >= 0.6 is 0 Å². The van der Waals surface area contributed by atoms with Crippen molar-refractivity contribution in [2.75, 3.05) is 26.4 Å². The van der Waals surface area contributed by atoms with Gasteiger partial charge in [0.1, 0.15) is 6.10 Å². The van der Waals surface area contributed by atoms with E-state index in [0.29, 0.717) is 12.2 Å². The Balaban J connectivity index is 2.00. The van der Waals surface area contributed by atoms with Crippen LogP contribution in [0.15, 0.2) is 18.2 Å². The number of benzene rings is 1. The largest absolute Gasteiger partial charge is 0.493 e. The molecule has 0 bridgehead atoms. The Morgan fingerprint density at radius 1 is 1.50 bits per heavy atom. The van der Waals surface area contributed by atoms with E-state index in [4.69, 9.17) is 15.2 Å². The summed E-state index contributed by atoms with van der Waals surface area (Å²) in [5, 5.41) is 10.0. The quantitative estimate of drug-likeness (QED) is 0.607. The lowest BCUT2D eigenvalue weighted by molar-refractivity contribution is 0.0822. The van der Waals surface area contributed by atoms with E-state index in [9.17, 15) is 5.11 Å². The summed E-state index contributed by atoms with van der Waals surface area (Å²) in [6.45, 7) is 1.78. The van der Waals surface area contributed by atoms with E-state index in [2.05, 4.69) is 18.0 Å². The molecule has 22 heavy (non-hydrogen) atoms. The monoisotopic (exact) mass is 302 g/mol. The Morgan fingerprint density at radius 2 is 2.32 bits per heavy atom. The molecule has 0 amide bonds. The van der Waals surface area contributed by atoms with Gasteiger partial charge in [-0.05, 0) is 25.6 Å². The number of ether oxygens (including phenoxy) is 2. The Bertz CT molecular complexity index is 658. The number of nitrogens with zero attached hydrogens (tertiary/aromatic N) is 1. The van der Waals surface area contributed by atoms with Crippen molar-refractivity contribution < 1.29 is 14.6 Å². The number of aliphatic hydroxyl groups excluding tert-OH is 1. The van der Waals surface area contributed by atoms with Crippen molar-refractivity contribution in [3.05, 3.63) is 29.3 Å². The molecule has 0 saturated carbocycles. The summed E-state index contributed by atoms with van der Waals surface area (Å²) in [6.07, 6.45) is 5.11. The molecule has 4 rings (SSSR count). The summed E-state index contributed by atoms with van der Waals surface area (Å²) in [6, 6.07) is 1.86. The van der Waals surface area contributed by atoms with E-state index in [1.54, 1.807) is 7.11 Å². The molecule has 0 aromatic heterocycles. The van der Waals surface area contributed by atoms with Crippen molar-refractivity contribution in [3.8, 4) is 11.5 Å². The Hall–Kier alpha value is -1.72. The van der Waals surface area contributed by atoms with E-state index in [-0.39, 0.29) is 11.5 Å². The van der Waals surface area contributed by atoms with Crippen molar-refractivity contribution >= 4 is 5.69 Å². The highest BCUT2D eigenvalue weighted by molar-refractivity contribution is 5.69.